The third-order valence-corrected chi connectivity index (χ3v) is 5.65. The van der Waals surface area contributed by atoms with Crippen molar-refractivity contribution in [1.82, 2.24) is 15.2 Å². The Morgan fingerprint density at radius 2 is 1.77 bits per heavy atom. The van der Waals surface area contributed by atoms with Gasteiger partial charge in [0.15, 0.2) is 0 Å². The van der Waals surface area contributed by atoms with Crippen LogP contribution in [0.1, 0.15) is 57.8 Å². The zero-order valence-corrected chi connectivity index (χ0v) is 19.4. The van der Waals surface area contributed by atoms with E-state index < -0.39 is 58.2 Å². The molecule has 7 nitrogen and oxygen atoms in total. The number of nitrogens with one attached hydrogen (secondary N) is 2. The highest BCUT2D eigenvalue weighted by atomic mass is 19.4. The highest BCUT2D eigenvalue weighted by Gasteiger charge is 2.60. The maximum Gasteiger partial charge on any atom is 0.418 e. The van der Waals surface area contributed by atoms with E-state index in [1.165, 1.54) is 6.92 Å². The Balaban J connectivity index is 1.80. The van der Waals surface area contributed by atoms with E-state index in [9.17, 15) is 36.6 Å². The van der Waals surface area contributed by atoms with E-state index in [0.29, 0.717) is 18.9 Å². The van der Waals surface area contributed by atoms with Crippen molar-refractivity contribution in [3.05, 3.63) is 53.4 Å². The van der Waals surface area contributed by atoms with Crippen LogP contribution in [0, 0.1) is 11.6 Å². The Bertz CT molecular complexity index is 1140. The van der Waals surface area contributed by atoms with Crippen LogP contribution in [0.4, 0.5) is 38.1 Å². The number of hydrogen-bond acceptors (Lipinski definition) is 4. The normalized spacial score (nSPS) is 15.8. The summed E-state index contributed by atoms with van der Waals surface area (Å²) in [7, 11) is 0. The Labute approximate surface area is 198 Å². The number of halogens is 5. The maximum atomic E-state index is 14.8. The quantitative estimate of drug-likeness (QED) is 0.448. The monoisotopic (exact) mass is 500 g/mol. The Hall–Kier alpha value is -3.44. The molecule has 3 rings (SSSR count). The minimum Gasteiger partial charge on any atom is -0.465 e. The van der Waals surface area contributed by atoms with Crippen molar-refractivity contribution in [2.75, 3.05) is 5.32 Å². The summed E-state index contributed by atoms with van der Waals surface area (Å²) in [6.45, 7) is 6.41. The molecule has 12 heteroatoms. The zero-order chi connectivity index (χ0) is 26.3. The summed E-state index contributed by atoms with van der Waals surface area (Å²) in [6, 6.07) is 2.28. The van der Waals surface area contributed by atoms with Crippen LogP contribution in [0.25, 0.3) is 0 Å². The van der Waals surface area contributed by atoms with Crippen molar-refractivity contribution in [2.24, 2.45) is 0 Å². The molecule has 35 heavy (non-hydrogen) atoms. The van der Waals surface area contributed by atoms with Crippen molar-refractivity contribution < 1.29 is 36.6 Å². The second-order valence-corrected chi connectivity index (χ2v) is 9.39. The first-order valence-electron chi connectivity index (χ1n) is 10.7. The number of nitrogens with zero attached hydrogens (tertiary/aromatic N) is 2. The molecule has 1 aliphatic rings. The molecule has 1 atom stereocenters. The van der Waals surface area contributed by atoms with E-state index in [1.807, 2.05) is 0 Å². The van der Waals surface area contributed by atoms with Gasteiger partial charge >= 0.3 is 12.3 Å². The van der Waals surface area contributed by atoms with E-state index >= 15 is 0 Å². The van der Waals surface area contributed by atoms with Crippen molar-refractivity contribution in [2.45, 2.75) is 63.8 Å². The molecule has 3 N–H and O–H groups in total. The molecule has 190 valence electrons. The van der Waals surface area contributed by atoms with Crippen LogP contribution < -0.4 is 10.6 Å². The SMILES string of the molecule is CC(NC(=O)C1(N(C(=O)O)C(C)(C)C)CC1)c1ncc(Nc2c(F)cccc2C(F)(F)F)cc1F. The number of alkyl halides is 3. The number of carbonyl (C=O) groups excluding carboxylic acids is 1. The first kappa shape index (κ1) is 26.2. The lowest BCUT2D eigenvalue weighted by atomic mass is 10.0. The van der Waals surface area contributed by atoms with Gasteiger partial charge in [-0.05, 0) is 52.7 Å². The van der Waals surface area contributed by atoms with Gasteiger partial charge in [-0.25, -0.2) is 13.6 Å². The van der Waals surface area contributed by atoms with Gasteiger partial charge in [0.2, 0.25) is 5.91 Å². The minimum absolute atomic E-state index is 0.220. The average molecular weight is 500 g/mol. The minimum atomic E-state index is -4.84. The molecule has 1 aliphatic carbocycles. The summed E-state index contributed by atoms with van der Waals surface area (Å²) in [5, 5.41) is 14.4. The fraction of sp³-hybridized carbons (Fsp3) is 0.435. The molecule has 0 spiro atoms. The van der Waals surface area contributed by atoms with Crippen LogP contribution >= 0.6 is 0 Å². The van der Waals surface area contributed by atoms with E-state index in [0.717, 1.165) is 29.3 Å². The molecule has 1 heterocycles. The molecule has 1 unspecified atom stereocenters. The average Bonchev–Trinajstić information content (AvgIpc) is 3.48. The number of para-hydroxylation sites is 1. The number of anilines is 2. The number of hydrogen-bond donors (Lipinski definition) is 3. The van der Waals surface area contributed by atoms with Crippen LogP contribution in [-0.2, 0) is 11.0 Å². The second-order valence-electron chi connectivity index (χ2n) is 9.39. The highest BCUT2D eigenvalue weighted by molar-refractivity contribution is 5.93. The topological polar surface area (TPSA) is 94.6 Å². The van der Waals surface area contributed by atoms with Crippen LogP contribution in [0.3, 0.4) is 0 Å². The highest BCUT2D eigenvalue weighted by Crippen LogP contribution is 2.46. The molecule has 1 aromatic carbocycles. The third-order valence-electron chi connectivity index (χ3n) is 5.65. The summed E-state index contributed by atoms with van der Waals surface area (Å²) in [5.74, 6) is -2.74. The van der Waals surface area contributed by atoms with Gasteiger partial charge < -0.3 is 15.7 Å². The maximum absolute atomic E-state index is 14.8. The molecule has 0 aliphatic heterocycles. The van der Waals surface area contributed by atoms with E-state index in [1.54, 1.807) is 20.8 Å². The molecule has 0 radical (unpaired) electrons. The number of pyridine rings is 1. The molecule has 1 aromatic heterocycles. The van der Waals surface area contributed by atoms with Gasteiger partial charge in [0.1, 0.15) is 17.2 Å². The number of amides is 2. The van der Waals surface area contributed by atoms with Crippen LogP contribution in [0.5, 0.6) is 0 Å². The van der Waals surface area contributed by atoms with Crippen molar-refractivity contribution in [3.63, 3.8) is 0 Å². The molecule has 2 aromatic rings. The van der Waals surface area contributed by atoms with Crippen LogP contribution in [0.2, 0.25) is 0 Å². The van der Waals surface area contributed by atoms with Crippen LogP contribution in [-0.4, -0.2) is 38.1 Å². The molecule has 1 saturated carbocycles. The fourth-order valence-corrected chi connectivity index (χ4v) is 4.05. The van der Waals surface area contributed by atoms with Gasteiger partial charge in [0.05, 0.1) is 34.9 Å². The van der Waals surface area contributed by atoms with Gasteiger partial charge in [-0.3, -0.25) is 14.7 Å². The molecular formula is C23H25F5N4O3. The van der Waals surface area contributed by atoms with E-state index in [2.05, 4.69) is 15.6 Å². The number of carboxylic acid groups (broad SMARTS) is 1. The largest absolute Gasteiger partial charge is 0.465 e. The summed E-state index contributed by atoms with van der Waals surface area (Å²) < 4.78 is 68.5. The molecular weight excluding hydrogens is 475 g/mol. The molecule has 0 bridgehead atoms. The summed E-state index contributed by atoms with van der Waals surface area (Å²) in [4.78, 5) is 29.7. The van der Waals surface area contributed by atoms with Crippen molar-refractivity contribution >= 4 is 23.4 Å². The standard InChI is InChI=1S/C23H25F5N4O3/c1-12(30-19(33)22(8-9-22)32(20(34)35)21(2,3)4)17-16(25)10-13(11-29-17)31-18-14(23(26,27)28)6-5-7-15(18)24/h5-7,10-12,31H,8-9H2,1-4H3,(H,30,33)(H,34,35). The summed E-state index contributed by atoms with van der Waals surface area (Å²) >= 11 is 0. The lowest BCUT2D eigenvalue weighted by molar-refractivity contribution is -0.137. The Morgan fingerprint density at radius 1 is 1.14 bits per heavy atom. The number of aromatic nitrogens is 1. The van der Waals surface area contributed by atoms with Crippen molar-refractivity contribution in [1.29, 1.82) is 0 Å². The van der Waals surface area contributed by atoms with Gasteiger partial charge in [-0.15, -0.1) is 0 Å². The Morgan fingerprint density at radius 3 is 2.26 bits per heavy atom. The lowest BCUT2D eigenvalue weighted by Gasteiger charge is -2.39. The van der Waals surface area contributed by atoms with Crippen LogP contribution in [0.15, 0.2) is 30.5 Å². The smallest absolute Gasteiger partial charge is 0.418 e. The van der Waals surface area contributed by atoms with Gasteiger partial charge in [-0.1, -0.05) is 6.07 Å². The third kappa shape index (κ3) is 5.30. The zero-order valence-electron chi connectivity index (χ0n) is 19.4. The second kappa shape index (κ2) is 8.97. The van der Waals surface area contributed by atoms with E-state index in [-0.39, 0.29) is 11.4 Å². The summed E-state index contributed by atoms with van der Waals surface area (Å²) in [5.41, 5.74) is -4.73. The fourth-order valence-electron chi connectivity index (χ4n) is 4.05. The number of rotatable bonds is 6. The predicted octanol–water partition coefficient (Wildman–Crippen LogP) is 5.61. The predicted molar refractivity (Wildman–Crippen MR) is 117 cm³/mol. The molecule has 0 saturated heterocycles. The van der Waals surface area contributed by atoms with Crippen molar-refractivity contribution in [3.8, 4) is 0 Å². The molecule has 2 amide bonds. The number of benzene rings is 1. The Kier molecular flexibility index (Phi) is 6.71. The van der Waals surface area contributed by atoms with Gasteiger partial charge in [0, 0.05) is 11.6 Å². The lowest BCUT2D eigenvalue weighted by Crippen LogP contribution is -2.59. The molecule has 1 fully saturated rings. The number of carbonyl (C=O) groups is 2. The van der Waals surface area contributed by atoms with E-state index in [4.69, 9.17) is 0 Å². The summed E-state index contributed by atoms with van der Waals surface area (Å²) in [6.07, 6.45) is -4.48. The first-order chi connectivity index (χ1) is 16.1. The van der Waals surface area contributed by atoms with Gasteiger partial charge in [-0.2, -0.15) is 13.2 Å². The van der Waals surface area contributed by atoms with Gasteiger partial charge in [0.25, 0.3) is 0 Å². The first-order valence-corrected chi connectivity index (χ1v) is 10.7.